The highest BCUT2D eigenvalue weighted by Crippen LogP contribution is 2.26. The highest BCUT2D eigenvalue weighted by molar-refractivity contribution is 5.72. The van der Waals surface area contributed by atoms with Gasteiger partial charge in [-0.3, -0.25) is 14.5 Å². The second-order valence-corrected chi connectivity index (χ2v) is 7.39. The van der Waals surface area contributed by atoms with E-state index in [2.05, 4.69) is 29.2 Å². The maximum Gasteiger partial charge on any atom is 0.317 e. The Morgan fingerprint density at radius 2 is 1.06 bits per heavy atom. The van der Waals surface area contributed by atoms with Crippen LogP contribution in [0.25, 0.3) is 0 Å². The molecule has 0 fully saturated rings. The fourth-order valence-electron chi connectivity index (χ4n) is 3.58. The summed E-state index contributed by atoms with van der Waals surface area (Å²) < 4.78 is 0. The highest BCUT2D eigenvalue weighted by atomic mass is 16.4. The zero-order valence-corrected chi connectivity index (χ0v) is 17.2. The largest absolute Gasteiger partial charge is 0.480 e. The minimum atomic E-state index is -1.05. The van der Waals surface area contributed by atoms with Gasteiger partial charge >= 0.3 is 11.9 Å². The Hall–Kier alpha value is -3.64. The van der Waals surface area contributed by atoms with Crippen molar-refractivity contribution in [2.24, 2.45) is 0 Å². The van der Waals surface area contributed by atoms with Crippen molar-refractivity contribution in [1.29, 1.82) is 0 Å². The monoisotopic (exact) mass is 418 g/mol. The first-order valence-corrected chi connectivity index (χ1v) is 10.1. The number of benzene rings is 3. The SMILES string of the molecule is O=C(O)CN(CC(=O)O)Cc1ccccc1N(Cc1ccccc1)Cc1ccccc1. The van der Waals surface area contributed by atoms with Crippen LogP contribution in [-0.4, -0.2) is 40.1 Å². The van der Waals surface area contributed by atoms with Gasteiger partial charge < -0.3 is 15.1 Å². The van der Waals surface area contributed by atoms with E-state index in [0.29, 0.717) is 13.1 Å². The van der Waals surface area contributed by atoms with Gasteiger partial charge in [-0.15, -0.1) is 0 Å². The van der Waals surface area contributed by atoms with E-state index in [1.165, 1.54) is 4.90 Å². The third-order valence-corrected chi connectivity index (χ3v) is 4.88. The van der Waals surface area contributed by atoms with E-state index in [4.69, 9.17) is 0 Å². The lowest BCUT2D eigenvalue weighted by molar-refractivity contribution is -0.142. The van der Waals surface area contributed by atoms with Gasteiger partial charge in [0.15, 0.2) is 0 Å². The van der Waals surface area contributed by atoms with Gasteiger partial charge in [0.2, 0.25) is 0 Å². The van der Waals surface area contributed by atoms with Crippen LogP contribution in [0.2, 0.25) is 0 Å². The predicted molar refractivity (Wildman–Crippen MR) is 120 cm³/mol. The Balaban J connectivity index is 1.92. The molecule has 6 heteroatoms. The van der Waals surface area contributed by atoms with Crippen molar-refractivity contribution in [2.75, 3.05) is 18.0 Å². The summed E-state index contributed by atoms with van der Waals surface area (Å²) in [6, 6.07) is 28.0. The summed E-state index contributed by atoms with van der Waals surface area (Å²) in [7, 11) is 0. The van der Waals surface area contributed by atoms with Gasteiger partial charge in [0.05, 0.1) is 13.1 Å². The van der Waals surface area contributed by atoms with Gasteiger partial charge in [-0.05, 0) is 22.8 Å². The van der Waals surface area contributed by atoms with Crippen LogP contribution in [-0.2, 0) is 29.2 Å². The molecular formula is C25H26N2O4. The highest BCUT2D eigenvalue weighted by Gasteiger charge is 2.18. The van der Waals surface area contributed by atoms with E-state index in [-0.39, 0.29) is 19.6 Å². The molecule has 0 bridgehead atoms. The Labute approximate surface area is 182 Å². The first-order chi connectivity index (χ1) is 15.0. The topological polar surface area (TPSA) is 81.1 Å². The summed E-state index contributed by atoms with van der Waals surface area (Å²) >= 11 is 0. The van der Waals surface area contributed by atoms with E-state index >= 15 is 0 Å². The molecule has 0 aliphatic rings. The average Bonchev–Trinajstić information content (AvgIpc) is 2.74. The van der Waals surface area contributed by atoms with Crippen LogP contribution in [0.3, 0.4) is 0 Å². The number of para-hydroxylation sites is 1. The van der Waals surface area contributed by atoms with Crippen LogP contribution in [0.5, 0.6) is 0 Å². The summed E-state index contributed by atoms with van der Waals surface area (Å²) in [6.45, 7) is 0.903. The molecule has 160 valence electrons. The Bertz CT molecular complexity index is 935. The van der Waals surface area contributed by atoms with E-state index in [0.717, 1.165) is 22.4 Å². The molecule has 0 aliphatic heterocycles. The van der Waals surface area contributed by atoms with E-state index in [1.54, 1.807) is 0 Å². The summed E-state index contributed by atoms with van der Waals surface area (Å²) in [5.41, 5.74) is 4.15. The third-order valence-electron chi connectivity index (χ3n) is 4.88. The molecule has 0 radical (unpaired) electrons. The number of aliphatic carboxylic acids is 2. The molecule has 0 saturated carbocycles. The minimum Gasteiger partial charge on any atom is -0.480 e. The molecule has 0 heterocycles. The summed E-state index contributed by atoms with van der Waals surface area (Å²) in [6.07, 6.45) is 0. The van der Waals surface area contributed by atoms with Gasteiger partial charge in [-0.1, -0.05) is 78.9 Å². The van der Waals surface area contributed by atoms with Crippen molar-refractivity contribution in [3.8, 4) is 0 Å². The van der Waals surface area contributed by atoms with Crippen LogP contribution < -0.4 is 4.90 Å². The van der Waals surface area contributed by atoms with Crippen molar-refractivity contribution in [1.82, 2.24) is 4.90 Å². The number of carboxylic acid groups (broad SMARTS) is 2. The molecule has 0 unspecified atom stereocenters. The van der Waals surface area contributed by atoms with E-state index in [1.807, 2.05) is 60.7 Å². The molecule has 6 nitrogen and oxygen atoms in total. The molecular weight excluding hydrogens is 392 g/mol. The van der Waals surface area contributed by atoms with Crippen LogP contribution >= 0.6 is 0 Å². The van der Waals surface area contributed by atoms with Gasteiger partial charge in [-0.2, -0.15) is 0 Å². The first-order valence-electron chi connectivity index (χ1n) is 10.1. The summed E-state index contributed by atoms with van der Waals surface area (Å²) in [5.74, 6) is -2.10. The average molecular weight is 418 g/mol. The van der Waals surface area contributed by atoms with Gasteiger partial charge in [0.1, 0.15) is 0 Å². The number of carboxylic acids is 2. The van der Waals surface area contributed by atoms with Crippen LogP contribution in [0.1, 0.15) is 16.7 Å². The molecule has 3 rings (SSSR count). The second kappa shape index (κ2) is 10.9. The maximum absolute atomic E-state index is 11.2. The quantitative estimate of drug-likeness (QED) is 0.492. The smallest absolute Gasteiger partial charge is 0.317 e. The van der Waals surface area contributed by atoms with Gasteiger partial charge in [-0.25, -0.2) is 0 Å². The minimum absolute atomic E-state index is 0.231. The van der Waals surface area contributed by atoms with Crippen LogP contribution in [0.4, 0.5) is 5.69 Å². The number of hydrogen-bond donors (Lipinski definition) is 2. The Kier molecular flexibility index (Phi) is 7.79. The molecule has 0 spiro atoms. The lowest BCUT2D eigenvalue weighted by Gasteiger charge is -2.29. The lowest BCUT2D eigenvalue weighted by Crippen LogP contribution is -2.34. The van der Waals surface area contributed by atoms with Crippen molar-refractivity contribution >= 4 is 17.6 Å². The molecule has 31 heavy (non-hydrogen) atoms. The standard InChI is InChI=1S/C25H26N2O4/c28-24(29)18-26(19-25(30)31)17-22-13-7-8-14-23(22)27(15-20-9-3-1-4-10-20)16-21-11-5-2-6-12-21/h1-14H,15-19H2,(H,28,29)(H,30,31). The van der Waals surface area contributed by atoms with Crippen molar-refractivity contribution < 1.29 is 19.8 Å². The zero-order chi connectivity index (χ0) is 22.1. The van der Waals surface area contributed by atoms with E-state index in [9.17, 15) is 19.8 Å². The fourth-order valence-corrected chi connectivity index (χ4v) is 3.58. The molecule has 2 N–H and O–H groups in total. The molecule has 0 amide bonds. The first kappa shape index (κ1) is 22.1. The van der Waals surface area contributed by atoms with Crippen molar-refractivity contribution in [3.05, 3.63) is 102 Å². The molecule has 3 aromatic carbocycles. The predicted octanol–water partition coefficient (Wildman–Crippen LogP) is 3.86. The molecule has 0 aromatic heterocycles. The molecule has 0 atom stereocenters. The van der Waals surface area contributed by atoms with Crippen LogP contribution in [0.15, 0.2) is 84.9 Å². The third kappa shape index (κ3) is 6.97. The summed E-state index contributed by atoms with van der Waals surface area (Å²) in [4.78, 5) is 26.1. The van der Waals surface area contributed by atoms with Crippen LogP contribution in [0, 0.1) is 0 Å². The van der Waals surface area contributed by atoms with Crippen molar-refractivity contribution in [2.45, 2.75) is 19.6 Å². The Morgan fingerprint density at radius 3 is 1.55 bits per heavy atom. The zero-order valence-electron chi connectivity index (χ0n) is 17.2. The molecule has 3 aromatic rings. The Morgan fingerprint density at radius 1 is 0.613 bits per heavy atom. The normalized spacial score (nSPS) is 10.7. The lowest BCUT2D eigenvalue weighted by atomic mass is 10.1. The number of nitrogens with zero attached hydrogens (tertiary/aromatic N) is 2. The summed E-state index contributed by atoms with van der Waals surface area (Å²) in [5, 5.41) is 18.4. The molecule has 0 aliphatic carbocycles. The second-order valence-electron chi connectivity index (χ2n) is 7.39. The number of rotatable bonds is 11. The fraction of sp³-hybridized carbons (Fsp3) is 0.200. The van der Waals surface area contributed by atoms with Gasteiger partial charge in [0, 0.05) is 25.3 Å². The van der Waals surface area contributed by atoms with E-state index < -0.39 is 11.9 Å². The maximum atomic E-state index is 11.2. The van der Waals surface area contributed by atoms with Gasteiger partial charge in [0.25, 0.3) is 0 Å². The number of anilines is 1. The molecule has 0 saturated heterocycles. The van der Waals surface area contributed by atoms with Crippen molar-refractivity contribution in [3.63, 3.8) is 0 Å². The number of carbonyl (C=O) groups is 2. The number of hydrogen-bond acceptors (Lipinski definition) is 4.